The molecule has 2 aromatic heterocycles. The smallest absolute Gasteiger partial charge is 0.338 e. The summed E-state index contributed by atoms with van der Waals surface area (Å²) < 4.78 is 10.3. The molecule has 0 aliphatic heterocycles. The van der Waals surface area contributed by atoms with Crippen molar-refractivity contribution in [2.45, 2.75) is 6.92 Å². The van der Waals surface area contributed by atoms with E-state index in [-0.39, 0.29) is 24.2 Å². The number of aliphatic hydroxyl groups excluding tert-OH is 1. The molecule has 0 unspecified atom stereocenters. The van der Waals surface area contributed by atoms with Gasteiger partial charge in [0.15, 0.2) is 5.58 Å². The van der Waals surface area contributed by atoms with Crippen molar-refractivity contribution in [3.63, 3.8) is 0 Å². The first-order valence-corrected chi connectivity index (χ1v) is 7.17. The Morgan fingerprint density at radius 3 is 3.00 bits per heavy atom. The number of benzene rings is 1. The number of H-pyrrole nitrogens is 1. The molecule has 0 spiro atoms. The van der Waals surface area contributed by atoms with E-state index in [4.69, 9.17) is 14.3 Å². The molecule has 0 saturated carbocycles. The Bertz CT molecular complexity index is 964. The summed E-state index contributed by atoms with van der Waals surface area (Å²) in [7, 11) is 0. The number of hydrogen-bond acceptors (Lipinski definition) is 5. The van der Waals surface area contributed by atoms with Crippen LogP contribution in [0.15, 0.2) is 39.7 Å². The molecule has 2 N–H and O–H groups in total. The van der Waals surface area contributed by atoms with Crippen LogP contribution >= 0.6 is 0 Å². The molecule has 6 heteroatoms. The zero-order valence-corrected chi connectivity index (χ0v) is 12.5. The van der Waals surface area contributed by atoms with Crippen LogP contribution in [-0.2, 0) is 4.74 Å². The van der Waals surface area contributed by atoms with E-state index in [0.29, 0.717) is 27.5 Å². The van der Waals surface area contributed by atoms with Crippen LogP contribution in [0, 0.1) is 0 Å². The SMILES string of the molecule is CCOC(=O)c1ccc2[nH]c3c(/C=C\CO)coc3c(=O)c2c1. The fraction of sp³-hybridized carbons (Fsp3) is 0.176. The van der Waals surface area contributed by atoms with E-state index in [1.807, 2.05) is 0 Å². The average molecular weight is 313 g/mol. The summed E-state index contributed by atoms with van der Waals surface area (Å²) in [5, 5.41) is 9.21. The van der Waals surface area contributed by atoms with E-state index in [0.717, 1.165) is 0 Å². The Morgan fingerprint density at radius 1 is 1.43 bits per heavy atom. The van der Waals surface area contributed by atoms with Crippen molar-refractivity contribution in [2.24, 2.45) is 0 Å². The molecule has 0 radical (unpaired) electrons. The third-order valence-electron chi connectivity index (χ3n) is 3.46. The molecule has 118 valence electrons. The van der Waals surface area contributed by atoms with E-state index < -0.39 is 5.97 Å². The summed E-state index contributed by atoms with van der Waals surface area (Å²) in [5.41, 5.74) is 2.00. The summed E-state index contributed by atoms with van der Waals surface area (Å²) in [6.07, 6.45) is 4.66. The molecule has 3 aromatic rings. The molecule has 0 fully saturated rings. The normalized spacial score (nSPS) is 11.6. The molecule has 0 atom stereocenters. The molecule has 0 aliphatic rings. The van der Waals surface area contributed by atoms with E-state index in [9.17, 15) is 9.59 Å². The van der Waals surface area contributed by atoms with Gasteiger partial charge < -0.3 is 19.2 Å². The Morgan fingerprint density at radius 2 is 2.26 bits per heavy atom. The summed E-state index contributed by atoms with van der Waals surface area (Å²) >= 11 is 0. The number of carbonyl (C=O) groups is 1. The van der Waals surface area contributed by atoms with Gasteiger partial charge in [-0.15, -0.1) is 0 Å². The number of ether oxygens (including phenoxy) is 1. The minimum Gasteiger partial charge on any atom is -0.462 e. The first-order chi connectivity index (χ1) is 11.2. The number of hydrogen-bond donors (Lipinski definition) is 2. The second kappa shape index (κ2) is 6.10. The molecule has 0 aliphatic carbocycles. The summed E-state index contributed by atoms with van der Waals surface area (Å²) in [6.45, 7) is 1.89. The monoisotopic (exact) mass is 313 g/mol. The summed E-state index contributed by atoms with van der Waals surface area (Å²) in [4.78, 5) is 27.5. The van der Waals surface area contributed by atoms with Gasteiger partial charge in [0.25, 0.3) is 0 Å². The second-order valence-electron chi connectivity index (χ2n) is 4.92. The maximum atomic E-state index is 12.6. The van der Waals surface area contributed by atoms with Crippen molar-refractivity contribution < 1.29 is 19.1 Å². The molecule has 0 amide bonds. The van der Waals surface area contributed by atoms with Gasteiger partial charge in [-0.05, 0) is 25.1 Å². The van der Waals surface area contributed by atoms with Gasteiger partial charge in [0, 0.05) is 5.56 Å². The molecule has 0 saturated heterocycles. The van der Waals surface area contributed by atoms with Crippen LogP contribution in [0.2, 0.25) is 0 Å². The largest absolute Gasteiger partial charge is 0.462 e. The van der Waals surface area contributed by atoms with Gasteiger partial charge in [0.05, 0.1) is 35.2 Å². The molecule has 0 bridgehead atoms. The molecule has 3 rings (SSSR count). The van der Waals surface area contributed by atoms with Crippen LogP contribution in [-0.4, -0.2) is 29.3 Å². The van der Waals surface area contributed by atoms with Crippen LogP contribution in [0.3, 0.4) is 0 Å². The molecular formula is C17H15NO5. The van der Waals surface area contributed by atoms with Crippen molar-refractivity contribution >= 4 is 34.0 Å². The third-order valence-corrected chi connectivity index (χ3v) is 3.46. The van der Waals surface area contributed by atoms with Crippen LogP contribution in [0.25, 0.3) is 28.1 Å². The van der Waals surface area contributed by atoms with Crippen LogP contribution < -0.4 is 5.43 Å². The Labute approximate surface area is 131 Å². The predicted octanol–water partition coefficient (Wildman–Crippen LogP) is 2.46. The van der Waals surface area contributed by atoms with Crippen molar-refractivity contribution in [3.05, 3.63) is 51.9 Å². The maximum absolute atomic E-state index is 12.6. The van der Waals surface area contributed by atoms with Gasteiger partial charge in [-0.3, -0.25) is 4.79 Å². The molecular weight excluding hydrogens is 298 g/mol. The number of nitrogens with one attached hydrogen (secondary N) is 1. The fourth-order valence-electron chi connectivity index (χ4n) is 2.41. The van der Waals surface area contributed by atoms with Crippen molar-refractivity contribution in [2.75, 3.05) is 13.2 Å². The van der Waals surface area contributed by atoms with Gasteiger partial charge in [-0.2, -0.15) is 0 Å². The van der Waals surface area contributed by atoms with Gasteiger partial charge >= 0.3 is 5.97 Å². The van der Waals surface area contributed by atoms with E-state index >= 15 is 0 Å². The Balaban J connectivity index is 2.21. The molecule has 1 aromatic carbocycles. The van der Waals surface area contributed by atoms with Gasteiger partial charge in [-0.1, -0.05) is 12.2 Å². The first-order valence-electron chi connectivity index (χ1n) is 7.17. The lowest BCUT2D eigenvalue weighted by atomic mass is 10.1. The predicted molar refractivity (Wildman–Crippen MR) is 86.4 cm³/mol. The topological polar surface area (TPSA) is 92.5 Å². The zero-order valence-electron chi connectivity index (χ0n) is 12.5. The maximum Gasteiger partial charge on any atom is 0.338 e. The number of aromatic nitrogens is 1. The number of esters is 1. The average Bonchev–Trinajstić information content (AvgIpc) is 2.96. The number of furan rings is 1. The van der Waals surface area contributed by atoms with E-state index in [2.05, 4.69) is 4.98 Å². The highest BCUT2D eigenvalue weighted by molar-refractivity contribution is 5.98. The molecule has 6 nitrogen and oxygen atoms in total. The minimum atomic E-state index is -0.472. The standard InChI is InChI=1S/C17H15NO5/c1-2-22-17(21)10-5-6-13-12(8-10)15(20)16-14(18-13)11(9-23-16)4-3-7-19/h3-6,8-9,19H,2,7H2,1H3,(H,18,20)/b4-3-. The molecule has 23 heavy (non-hydrogen) atoms. The lowest BCUT2D eigenvalue weighted by molar-refractivity contribution is 0.0526. The van der Waals surface area contributed by atoms with Crippen LogP contribution in [0.1, 0.15) is 22.8 Å². The van der Waals surface area contributed by atoms with Gasteiger partial charge in [0.1, 0.15) is 6.26 Å². The molecule has 2 heterocycles. The van der Waals surface area contributed by atoms with E-state index in [1.165, 1.54) is 12.3 Å². The number of rotatable bonds is 4. The van der Waals surface area contributed by atoms with Crippen molar-refractivity contribution in [1.29, 1.82) is 0 Å². The minimum absolute atomic E-state index is 0.104. The quantitative estimate of drug-likeness (QED) is 0.722. The first kappa shape index (κ1) is 15.1. The van der Waals surface area contributed by atoms with Gasteiger partial charge in [-0.25, -0.2) is 4.79 Å². The highest BCUT2D eigenvalue weighted by atomic mass is 16.5. The number of fused-ring (bicyclic) bond motifs is 2. The van der Waals surface area contributed by atoms with Crippen LogP contribution in [0.5, 0.6) is 0 Å². The highest BCUT2D eigenvalue weighted by Crippen LogP contribution is 2.22. The van der Waals surface area contributed by atoms with Crippen LogP contribution in [0.4, 0.5) is 0 Å². The Hall–Kier alpha value is -2.86. The number of aromatic amines is 1. The second-order valence-corrected chi connectivity index (χ2v) is 4.92. The number of carbonyl (C=O) groups excluding carboxylic acids is 1. The van der Waals surface area contributed by atoms with Crippen molar-refractivity contribution in [3.8, 4) is 0 Å². The Kier molecular flexibility index (Phi) is 3.99. The number of aliphatic hydroxyl groups is 1. The third kappa shape index (κ3) is 2.64. The fourth-order valence-corrected chi connectivity index (χ4v) is 2.41. The summed E-state index contributed by atoms with van der Waals surface area (Å²) in [5.74, 6) is -0.472. The number of pyridine rings is 1. The zero-order chi connectivity index (χ0) is 16.4. The lowest BCUT2D eigenvalue weighted by Gasteiger charge is -2.04. The highest BCUT2D eigenvalue weighted by Gasteiger charge is 2.14. The van der Waals surface area contributed by atoms with Crippen molar-refractivity contribution in [1.82, 2.24) is 4.98 Å². The van der Waals surface area contributed by atoms with Gasteiger partial charge in [0.2, 0.25) is 5.43 Å². The van der Waals surface area contributed by atoms with E-state index in [1.54, 1.807) is 31.2 Å². The summed E-state index contributed by atoms with van der Waals surface area (Å²) in [6, 6.07) is 4.76. The lowest BCUT2D eigenvalue weighted by Crippen LogP contribution is -2.08.